The van der Waals surface area contributed by atoms with Crippen LogP contribution in [0.2, 0.25) is 0 Å². The van der Waals surface area contributed by atoms with Crippen LogP contribution in [0, 0.1) is 34.5 Å². The van der Waals surface area contributed by atoms with Crippen LogP contribution in [-0.2, 0) is 38.1 Å². The number of aliphatic hydroxyl groups is 1. The second-order valence-electron chi connectivity index (χ2n) is 13.0. The minimum Gasteiger partial charge on any atom is -0.458 e. The highest BCUT2D eigenvalue weighted by Crippen LogP contribution is 2.75. The summed E-state index contributed by atoms with van der Waals surface area (Å²) >= 11 is 0. The van der Waals surface area contributed by atoms with Gasteiger partial charge in [0.1, 0.15) is 6.10 Å². The molecule has 9 nitrogen and oxygen atoms in total. The summed E-state index contributed by atoms with van der Waals surface area (Å²) in [5.74, 6) is -6.36. The SMILES string of the molecule is C[C@]12C(=O)C=CCC1=CC[C@@H]1[C@H]2CC[C@]2(O)C(=O)O[C@]3(C)[C@H]4C[C@@]5(C)[C@H](CO[C@]16O[C@@]23[C@@H]5C6=O)C(=O)O4. The second-order valence-corrected chi connectivity index (χ2v) is 13.0. The summed E-state index contributed by atoms with van der Waals surface area (Å²) < 4.78 is 25.1. The Bertz CT molecular complexity index is 1300. The van der Waals surface area contributed by atoms with Crippen LogP contribution in [-0.4, -0.2) is 63.9 Å². The highest BCUT2D eigenvalue weighted by molar-refractivity contribution is 6.01. The van der Waals surface area contributed by atoms with E-state index in [1.165, 1.54) is 0 Å². The molecule has 196 valence electrons. The van der Waals surface area contributed by atoms with Gasteiger partial charge in [0.2, 0.25) is 5.79 Å². The Balaban J connectivity index is 1.43. The summed E-state index contributed by atoms with van der Waals surface area (Å²) in [6, 6.07) is 0. The first kappa shape index (κ1) is 22.6. The summed E-state index contributed by atoms with van der Waals surface area (Å²) in [6.07, 6.45) is 6.24. The molecule has 37 heavy (non-hydrogen) atoms. The molecule has 0 radical (unpaired) electrons. The van der Waals surface area contributed by atoms with Gasteiger partial charge in [-0.15, -0.1) is 0 Å². The molecule has 0 aromatic rings. The third-order valence-corrected chi connectivity index (χ3v) is 12.0. The lowest BCUT2D eigenvalue weighted by molar-refractivity contribution is -0.374. The van der Waals surface area contributed by atoms with Crippen molar-refractivity contribution in [3.05, 3.63) is 23.8 Å². The molecule has 5 aliphatic heterocycles. The van der Waals surface area contributed by atoms with Crippen molar-refractivity contribution in [1.29, 1.82) is 0 Å². The lowest BCUT2D eigenvalue weighted by atomic mass is 9.46. The maximum absolute atomic E-state index is 14.8. The highest BCUT2D eigenvalue weighted by atomic mass is 16.8. The van der Waals surface area contributed by atoms with Crippen LogP contribution in [0.4, 0.5) is 0 Å². The van der Waals surface area contributed by atoms with Crippen molar-refractivity contribution in [3.63, 3.8) is 0 Å². The third-order valence-electron chi connectivity index (χ3n) is 12.0. The van der Waals surface area contributed by atoms with Gasteiger partial charge in [0.05, 0.1) is 23.9 Å². The molecule has 5 bridgehead atoms. The van der Waals surface area contributed by atoms with Gasteiger partial charge in [-0.25, -0.2) is 4.79 Å². The average Bonchev–Trinajstić information content (AvgIpc) is 3.16. The van der Waals surface area contributed by atoms with E-state index in [-0.39, 0.29) is 24.6 Å². The number of hydrogen-bond donors (Lipinski definition) is 1. The molecule has 1 N–H and O–H groups in total. The van der Waals surface area contributed by atoms with Crippen LogP contribution in [0.1, 0.15) is 52.9 Å². The molecule has 9 heteroatoms. The topological polar surface area (TPSA) is 125 Å². The Morgan fingerprint density at radius 3 is 2.65 bits per heavy atom. The Hall–Kier alpha value is -2.36. The smallest absolute Gasteiger partial charge is 0.342 e. The molecule has 0 unspecified atom stereocenters. The average molecular weight is 511 g/mol. The molecule has 2 spiro atoms. The molecule has 8 rings (SSSR count). The van der Waals surface area contributed by atoms with Crippen molar-refractivity contribution < 1.29 is 43.2 Å². The lowest BCUT2D eigenvalue weighted by Crippen LogP contribution is -2.79. The first-order valence-corrected chi connectivity index (χ1v) is 13.4. The Morgan fingerprint density at radius 1 is 1.08 bits per heavy atom. The zero-order valence-electron chi connectivity index (χ0n) is 21.1. The standard InChI is InChI=1S/C28H30O9/c1-23-11-18-25(3)28-19(23)20(30)27(37-28,34-12-16(23)21(31)35-18)15-8-7-13-5-4-6-17(29)24(13,2)14(15)9-10-26(28,33)22(32)36-25/h4,6-7,14-16,18-19,33H,5,8-12H2,1-3H3/t14-,15-,16-,18-,19-,23+,24+,25-,26+,27+,28-/m1/s1. The number of allylic oxidation sites excluding steroid dienone is 4. The van der Waals surface area contributed by atoms with E-state index in [4.69, 9.17) is 18.9 Å². The van der Waals surface area contributed by atoms with Gasteiger partial charge in [0.25, 0.3) is 0 Å². The molecular weight excluding hydrogens is 480 g/mol. The van der Waals surface area contributed by atoms with Gasteiger partial charge in [-0.2, -0.15) is 0 Å². The van der Waals surface area contributed by atoms with E-state index in [9.17, 15) is 24.3 Å². The third kappa shape index (κ3) is 1.97. The summed E-state index contributed by atoms with van der Waals surface area (Å²) in [6.45, 7) is 5.29. The summed E-state index contributed by atoms with van der Waals surface area (Å²) in [5.41, 5.74) is -6.43. The van der Waals surface area contributed by atoms with Gasteiger partial charge < -0.3 is 24.1 Å². The van der Waals surface area contributed by atoms with Gasteiger partial charge in [-0.3, -0.25) is 14.4 Å². The van der Waals surface area contributed by atoms with Crippen molar-refractivity contribution in [1.82, 2.24) is 0 Å². The van der Waals surface area contributed by atoms with Gasteiger partial charge in [0, 0.05) is 5.92 Å². The fourth-order valence-corrected chi connectivity index (χ4v) is 10.0. The number of fused-ring (bicyclic) bond motifs is 5. The molecule has 0 amide bonds. The fourth-order valence-electron chi connectivity index (χ4n) is 10.0. The van der Waals surface area contributed by atoms with Crippen LogP contribution in [0.3, 0.4) is 0 Å². The first-order valence-electron chi connectivity index (χ1n) is 13.4. The number of hydrogen-bond acceptors (Lipinski definition) is 9. The number of ketones is 2. The van der Waals surface area contributed by atoms with Crippen molar-refractivity contribution in [3.8, 4) is 0 Å². The van der Waals surface area contributed by atoms with E-state index in [1.54, 1.807) is 13.0 Å². The summed E-state index contributed by atoms with van der Waals surface area (Å²) in [4.78, 5) is 55.2. The Kier molecular flexibility index (Phi) is 3.73. The van der Waals surface area contributed by atoms with Crippen LogP contribution in [0.25, 0.3) is 0 Å². The molecule has 6 fully saturated rings. The minimum absolute atomic E-state index is 0.0380. The second kappa shape index (κ2) is 6.10. The molecule has 5 saturated heterocycles. The molecule has 11 atom stereocenters. The monoisotopic (exact) mass is 510 g/mol. The maximum Gasteiger partial charge on any atom is 0.342 e. The van der Waals surface area contributed by atoms with Crippen LogP contribution < -0.4 is 0 Å². The summed E-state index contributed by atoms with van der Waals surface area (Å²) in [7, 11) is 0. The Labute approximate surface area is 213 Å². The molecular formula is C28H30O9. The first-order chi connectivity index (χ1) is 17.4. The van der Waals surface area contributed by atoms with E-state index in [0.29, 0.717) is 25.7 Å². The zero-order chi connectivity index (χ0) is 26.0. The van der Waals surface area contributed by atoms with Gasteiger partial charge in [-0.05, 0) is 63.4 Å². The number of Topliss-reactive ketones (excluding diaryl/α,β-unsaturated/α-hetero) is 1. The van der Waals surface area contributed by atoms with Crippen molar-refractivity contribution in [2.75, 3.05) is 6.61 Å². The van der Waals surface area contributed by atoms with Crippen LogP contribution in [0.15, 0.2) is 23.8 Å². The van der Waals surface area contributed by atoms with E-state index in [0.717, 1.165) is 5.57 Å². The number of ether oxygens (including phenoxy) is 4. The Morgan fingerprint density at radius 2 is 1.86 bits per heavy atom. The molecule has 0 aromatic carbocycles. The van der Waals surface area contributed by atoms with E-state index < -0.39 is 75.1 Å². The molecule has 0 aromatic heterocycles. The number of carbonyl (C=O) groups is 4. The normalized spacial score (nSPS) is 58.5. The maximum atomic E-state index is 14.8. The van der Waals surface area contributed by atoms with Crippen molar-refractivity contribution in [2.45, 2.75) is 81.6 Å². The molecule has 5 heterocycles. The van der Waals surface area contributed by atoms with Crippen LogP contribution in [0.5, 0.6) is 0 Å². The quantitative estimate of drug-likeness (QED) is 0.382. The summed E-state index contributed by atoms with van der Waals surface area (Å²) in [5, 5.41) is 12.4. The van der Waals surface area contributed by atoms with E-state index >= 15 is 0 Å². The van der Waals surface area contributed by atoms with Gasteiger partial charge in [0.15, 0.2) is 28.4 Å². The molecule has 8 aliphatic rings. The molecule has 1 saturated carbocycles. The zero-order valence-corrected chi connectivity index (χ0v) is 21.1. The lowest BCUT2D eigenvalue weighted by Gasteiger charge is -2.63. The van der Waals surface area contributed by atoms with Crippen LogP contribution >= 0.6 is 0 Å². The minimum atomic E-state index is -2.17. The van der Waals surface area contributed by atoms with E-state index in [2.05, 4.69) is 0 Å². The fraction of sp³-hybridized carbons (Fsp3) is 0.714. The molecule has 3 aliphatic carbocycles. The highest BCUT2D eigenvalue weighted by Gasteiger charge is 2.93. The van der Waals surface area contributed by atoms with E-state index in [1.807, 2.05) is 26.0 Å². The van der Waals surface area contributed by atoms with Gasteiger partial charge >= 0.3 is 11.9 Å². The largest absolute Gasteiger partial charge is 0.458 e. The predicted octanol–water partition coefficient (Wildman–Crippen LogP) is 1.56. The number of carbonyl (C=O) groups excluding carboxylic acids is 4. The predicted molar refractivity (Wildman–Crippen MR) is 122 cm³/mol. The van der Waals surface area contributed by atoms with Crippen molar-refractivity contribution in [2.24, 2.45) is 34.5 Å². The number of rotatable bonds is 0. The number of esters is 2. The van der Waals surface area contributed by atoms with Gasteiger partial charge in [-0.1, -0.05) is 24.6 Å². The van der Waals surface area contributed by atoms with Crippen molar-refractivity contribution >= 4 is 23.5 Å².